The van der Waals surface area contributed by atoms with Crippen LogP contribution in [0.5, 0.6) is 0 Å². The number of carboxylic acid groups (broad SMARTS) is 1. The van der Waals surface area contributed by atoms with E-state index >= 15 is 0 Å². The zero-order valence-corrected chi connectivity index (χ0v) is 9.29. The summed E-state index contributed by atoms with van der Waals surface area (Å²) in [7, 11) is 1.34. The second kappa shape index (κ2) is 4.40. The van der Waals surface area contributed by atoms with E-state index in [1.807, 2.05) is 0 Å². The Hall–Kier alpha value is -2.11. The summed E-state index contributed by atoms with van der Waals surface area (Å²) in [4.78, 5) is 27.7. The molecular formula is C11H12N2O4. The van der Waals surface area contributed by atoms with Crippen molar-refractivity contribution in [2.75, 3.05) is 18.6 Å². The van der Waals surface area contributed by atoms with Gasteiger partial charge in [-0.1, -0.05) is 0 Å². The summed E-state index contributed by atoms with van der Waals surface area (Å²) in [6, 6.07) is 2.82. The van der Waals surface area contributed by atoms with Gasteiger partial charge in [0.05, 0.1) is 7.11 Å². The summed E-state index contributed by atoms with van der Waals surface area (Å²) in [6.45, 7) is 0.711. The van der Waals surface area contributed by atoms with Crippen LogP contribution in [0, 0.1) is 0 Å². The first kappa shape index (κ1) is 11.4. The number of aromatic carboxylic acids is 1. The lowest BCUT2D eigenvalue weighted by molar-refractivity contribution is -0.143. The predicted octanol–water partition coefficient (Wildman–Crippen LogP) is 0.531. The number of hydrogen-bond donors (Lipinski definition) is 1. The number of hydrogen-bond acceptors (Lipinski definition) is 5. The Bertz CT molecular complexity index is 461. The maximum Gasteiger partial charge on any atom is 0.354 e. The fraction of sp³-hybridized carbons (Fsp3) is 0.364. The van der Waals surface area contributed by atoms with E-state index in [0.717, 1.165) is 6.42 Å². The highest BCUT2D eigenvalue weighted by atomic mass is 16.5. The van der Waals surface area contributed by atoms with Crippen LogP contribution in [0.15, 0.2) is 18.3 Å². The highest BCUT2D eigenvalue weighted by Gasteiger charge is 2.35. The van der Waals surface area contributed by atoms with Crippen molar-refractivity contribution in [3.8, 4) is 0 Å². The molecule has 0 radical (unpaired) electrons. The van der Waals surface area contributed by atoms with Crippen LogP contribution in [0.2, 0.25) is 0 Å². The van der Waals surface area contributed by atoms with Crippen molar-refractivity contribution < 1.29 is 19.4 Å². The number of anilines is 1. The highest BCUT2D eigenvalue weighted by molar-refractivity contribution is 5.87. The molecule has 1 aromatic heterocycles. The zero-order chi connectivity index (χ0) is 12.4. The van der Waals surface area contributed by atoms with Crippen LogP contribution in [0.4, 0.5) is 5.69 Å². The number of carbonyl (C=O) groups excluding carboxylic acids is 1. The Labute approximate surface area is 97.8 Å². The van der Waals surface area contributed by atoms with Crippen molar-refractivity contribution in [1.29, 1.82) is 0 Å². The Morgan fingerprint density at radius 3 is 2.88 bits per heavy atom. The third-order valence-electron chi connectivity index (χ3n) is 2.79. The number of carbonyl (C=O) groups is 2. The smallest absolute Gasteiger partial charge is 0.354 e. The van der Waals surface area contributed by atoms with Gasteiger partial charge in [-0.2, -0.15) is 0 Å². The molecule has 1 N–H and O–H groups in total. The molecule has 0 aliphatic carbocycles. The summed E-state index contributed by atoms with van der Waals surface area (Å²) in [5.74, 6) is -1.38. The Morgan fingerprint density at radius 1 is 1.59 bits per heavy atom. The van der Waals surface area contributed by atoms with Gasteiger partial charge in [-0.3, -0.25) is 0 Å². The fourth-order valence-electron chi connectivity index (χ4n) is 1.79. The molecule has 6 nitrogen and oxygen atoms in total. The molecule has 0 bridgehead atoms. The summed E-state index contributed by atoms with van der Waals surface area (Å²) in [6.07, 6.45) is 2.14. The summed E-state index contributed by atoms with van der Waals surface area (Å²) in [5, 5.41) is 8.83. The molecule has 1 saturated heterocycles. The molecule has 0 amide bonds. The van der Waals surface area contributed by atoms with Crippen LogP contribution in [-0.2, 0) is 9.53 Å². The predicted molar refractivity (Wildman–Crippen MR) is 59.0 cm³/mol. The molecule has 17 heavy (non-hydrogen) atoms. The van der Waals surface area contributed by atoms with Crippen LogP contribution in [-0.4, -0.2) is 41.7 Å². The number of nitrogens with zero attached hydrogens (tertiary/aromatic N) is 2. The van der Waals surface area contributed by atoms with Gasteiger partial charge < -0.3 is 14.7 Å². The van der Waals surface area contributed by atoms with Gasteiger partial charge in [0.1, 0.15) is 11.7 Å². The van der Waals surface area contributed by atoms with Gasteiger partial charge in [0, 0.05) is 18.4 Å². The monoisotopic (exact) mass is 236 g/mol. The van der Waals surface area contributed by atoms with Crippen molar-refractivity contribution in [1.82, 2.24) is 4.98 Å². The van der Waals surface area contributed by atoms with Crippen LogP contribution in [0.25, 0.3) is 0 Å². The van der Waals surface area contributed by atoms with Crippen molar-refractivity contribution in [3.05, 3.63) is 24.0 Å². The molecule has 2 rings (SSSR count). The molecule has 1 aromatic rings. The number of pyridine rings is 1. The number of carboxylic acids is 1. The van der Waals surface area contributed by atoms with E-state index in [0.29, 0.717) is 12.2 Å². The van der Waals surface area contributed by atoms with Crippen LogP contribution < -0.4 is 4.90 Å². The topological polar surface area (TPSA) is 79.7 Å². The van der Waals surface area contributed by atoms with E-state index in [9.17, 15) is 9.59 Å². The molecule has 1 unspecified atom stereocenters. The minimum Gasteiger partial charge on any atom is -0.477 e. The van der Waals surface area contributed by atoms with Gasteiger partial charge in [-0.15, -0.1) is 0 Å². The third-order valence-corrected chi connectivity index (χ3v) is 2.79. The average Bonchev–Trinajstić information content (AvgIpc) is 2.27. The third kappa shape index (κ3) is 2.06. The molecule has 1 aliphatic heterocycles. The maximum absolute atomic E-state index is 11.4. The fourth-order valence-corrected chi connectivity index (χ4v) is 1.79. The lowest BCUT2D eigenvalue weighted by Crippen LogP contribution is -2.53. The second-order valence-electron chi connectivity index (χ2n) is 3.73. The largest absolute Gasteiger partial charge is 0.477 e. The van der Waals surface area contributed by atoms with E-state index in [2.05, 4.69) is 9.72 Å². The minimum atomic E-state index is -1.08. The molecule has 1 fully saturated rings. The van der Waals surface area contributed by atoms with Crippen molar-refractivity contribution in [3.63, 3.8) is 0 Å². The summed E-state index contributed by atoms with van der Waals surface area (Å²) >= 11 is 0. The Balaban J connectivity index is 2.20. The normalized spacial score (nSPS) is 18.4. The SMILES string of the molecule is COC(=O)C1CCN1c1ccnc(C(=O)O)c1. The van der Waals surface area contributed by atoms with Crippen LogP contribution in [0.3, 0.4) is 0 Å². The summed E-state index contributed by atoms with van der Waals surface area (Å²) < 4.78 is 4.67. The molecule has 1 atom stereocenters. The first-order valence-corrected chi connectivity index (χ1v) is 5.17. The van der Waals surface area contributed by atoms with E-state index in [-0.39, 0.29) is 17.7 Å². The summed E-state index contributed by atoms with van der Waals surface area (Å²) in [5.41, 5.74) is 0.650. The zero-order valence-electron chi connectivity index (χ0n) is 9.29. The first-order valence-electron chi connectivity index (χ1n) is 5.17. The van der Waals surface area contributed by atoms with Crippen LogP contribution in [0.1, 0.15) is 16.9 Å². The molecule has 0 aromatic carbocycles. The highest BCUT2D eigenvalue weighted by Crippen LogP contribution is 2.27. The first-order chi connectivity index (χ1) is 8.13. The van der Waals surface area contributed by atoms with E-state index in [4.69, 9.17) is 5.11 Å². The number of methoxy groups -OCH3 is 1. The molecule has 0 saturated carbocycles. The lowest BCUT2D eigenvalue weighted by Gasteiger charge is -2.40. The molecule has 90 valence electrons. The number of ether oxygens (including phenoxy) is 1. The average molecular weight is 236 g/mol. The number of rotatable bonds is 3. The van der Waals surface area contributed by atoms with Crippen molar-refractivity contribution in [2.24, 2.45) is 0 Å². The van der Waals surface area contributed by atoms with Gasteiger partial charge >= 0.3 is 11.9 Å². The molecule has 1 aliphatic rings. The molecular weight excluding hydrogens is 224 g/mol. The van der Waals surface area contributed by atoms with Gasteiger partial charge in [-0.25, -0.2) is 14.6 Å². The molecule has 2 heterocycles. The van der Waals surface area contributed by atoms with Crippen molar-refractivity contribution in [2.45, 2.75) is 12.5 Å². The van der Waals surface area contributed by atoms with Crippen LogP contribution >= 0.6 is 0 Å². The molecule has 6 heteroatoms. The van der Waals surface area contributed by atoms with Gasteiger partial charge in [-0.05, 0) is 18.6 Å². The maximum atomic E-state index is 11.4. The lowest BCUT2D eigenvalue weighted by atomic mass is 10.0. The minimum absolute atomic E-state index is 0.0296. The van der Waals surface area contributed by atoms with E-state index in [1.165, 1.54) is 19.4 Å². The quantitative estimate of drug-likeness (QED) is 0.771. The standard InChI is InChI=1S/C11H12N2O4/c1-17-11(16)9-3-5-13(9)7-2-4-12-8(6-7)10(14)15/h2,4,6,9H,3,5H2,1H3,(H,14,15). The second-order valence-corrected chi connectivity index (χ2v) is 3.73. The van der Waals surface area contributed by atoms with E-state index < -0.39 is 5.97 Å². The Morgan fingerprint density at radius 2 is 2.35 bits per heavy atom. The Kier molecular flexibility index (Phi) is 2.95. The van der Waals surface area contributed by atoms with E-state index in [1.54, 1.807) is 11.0 Å². The number of esters is 1. The van der Waals surface area contributed by atoms with Crippen molar-refractivity contribution >= 4 is 17.6 Å². The molecule has 0 spiro atoms. The van der Waals surface area contributed by atoms with Gasteiger partial charge in [0.15, 0.2) is 0 Å². The van der Waals surface area contributed by atoms with Gasteiger partial charge in [0.2, 0.25) is 0 Å². The van der Waals surface area contributed by atoms with Gasteiger partial charge in [0.25, 0.3) is 0 Å². The number of aromatic nitrogens is 1.